The van der Waals surface area contributed by atoms with Gasteiger partial charge in [0.15, 0.2) is 12.4 Å². The number of aryl methyl sites for hydroxylation is 2. The summed E-state index contributed by atoms with van der Waals surface area (Å²) in [7, 11) is 0. The van der Waals surface area contributed by atoms with E-state index in [0.29, 0.717) is 28.5 Å². The molecule has 2 aromatic carbocycles. The number of nitrogens with zero attached hydrogens (tertiary/aromatic N) is 1. The van der Waals surface area contributed by atoms with Crippen molar-refractivity contribution in [2.45, 2.75) is 41.2 Å². The van der Waals surface area contributed by atoms with Crippen LogP contribution in [0.5, 0.6) is 5.75 Å². The van der Waals surface area contributed by atoms with Crippen LogP contribution in [-0.2, 0) is 16.1 Å². The van der Waals surface area contributed by atoms with Gasteiger partial charge in [0.25, 0.3) is 0 Å². The van der Waals surface area contributed by atoms with E-state index in [-0.39, 0.29) is 23.9 Å². The first kappa shape index (κ1) is 24.7. The van der Waals surface area contributed by atoms with Crippen molar-refractivity contribution in [1.29, 1.82) is 0 Å². The fourth-order valence-corrected chi connectivity index (χ4v) is 2.97. The molecule has 3 aromatic rings. The molecule has 1 amide bonds. The SMILES string of the molecule is Cc1noc(C)c1COc1ccccc1C(=O)OCC(=O)c1ccc(NC(=O)C(C)(C)C)cc1. The van der Waals surface area contributed by atoms with E-state index >= 15 is 0 Å². The van der Waals surface area contributed by atoms with E-state index in [2.05, 4.69) is 10.5 Å². The molecule has 0 saturated carbocycles. The number of hydrogen-bond donors (Lipinski definition) is 1. The van der Waals surface area contributed by atoms with Crippen molar-refractivity contribution in [2.24, 2.45) is 5.41 Å². The lowest BCUT2D eigenvalue weighted by Gasteiger charge is -2.17. The number of carbonyl (C=O) groups excluding carboxylic acids is 3. The van der Waals surface area contributed by atoms with E-state index in [4.69, 9.17) is 14.0 Å². The number of Topliss-reactive ketones (excluding diaryl/α,β-unsaturated/α-hetero) is 1. The number of anilines is 1. The van der Waals surface area contributed by atoms with Crippen molar-refractivity contribution < 1.29 is 28.4 Å². The summed E-state index contributed by atoms with van der Waals surface area (Å²) in [5.41, 5.74) is 2.15. The van der Waals surface area contributed by atoms with Gasteiger partial charge >= 0.3 is 5.97 Å². The van der Waals surface area contributed by atoms with Crippen LogP contribution in [0.4, 0.5) is 5.69 Å². The topological polar surface area (TPSA) is 108 Å². The fourth-order valence-electron chi connectivity index (χ4n) is 2.97. The Labute approximate surface area is 198 Å². The Balaban J connectivity index is 1.59. The molecular weight excluding hydrogens is 436 g/mol. The first-order valence-electron chi connectivity index (χ1n) is 10.8. The summed E-state index contributed by atoms with van der Waals surface area (Å²) >= 11 is 0. The molecule has 0 saturated heterocycles. The van der Waals surface area contributed by atoms with Gasteiger partial charge in [-0.05, 0) is 50.2 Å². The molecule has 8 heteroatoms. The zero-order chi connectivity index (χ0) is 24.9. The van der Waals surface area contributed by atoms with Gasteiger partial charge in [0, 0.05) is 16.7 Å². The average molecular weight is 465 g/mol. The average Bonchev–Trinajstić information content (AvgIpc) is 3.13. The second-order valence-corrected chi connectivity index (χ2v) is 8.87. The van der Waals surface area contributed by atoms with E-state index < -0.39 is 18.0 Å². The number of hydrogen-bond acceptors (Lipinski definition) is 7. The van der Waals surface area contributed by atoms with Gasteiger partial charge in [-0.25, -0.2) is 4.79 Å². The number of carbonyl (C=O) groups is 3. The second-order valence-electron chi connectivity index (χ2n) is 8.87. The standard InChI is InChI=1S/C26H28N2O6/c1-16-21(17(2)34-28-16)14-32-23-9-7-6-8-20(23)24(30)33-15-22(29)18-10-12-19(13-11-18)27-25(31)26(3,4)5/h6-13H,14-15H2,1-5H3,(H,27,31). The molecule has 34 heavy (non-hydrogen) atoms. The number of benzene rings is 2. The molecule has 0 bridgehead atoms. The molecule has 0 unspecified atom stereocenters. The van der Waals surface area contributed by atoms with Gasteiger partial charge in [-0.15, -0.1) is 0 Å². The summed E-state index contributed by atoms with van der Waals surface area (Å²) in [6.45, 7) is 8.80. The maximum atomic E-state index is 12.6. The molecule has 1 heterocycles. The highest BCUT2D eigenvalue weighted by Crippen LogP contribution is 2.23. The number of amides is 1. The van der Waals surface area contributed by atoms with Crippen molar-refractivity contribution in [3.63, 3.8) is 0 Å². The normalized spacial score (nSPS) is 11.1. The third kappa shape index (κ3) is 6.10. The molecule has 178 valence electrons. The molecule has 0 aliphatic carbocycles. The Kier molecular flexibility index (Phi) is 7.50. The van der Waals surface area contributed by atoms with Crippen LogP contribution in [0, 0.1) is 19.3 Å². The molecule has 1 aromatic heterocycles. The van der Waals surface area contributed by atoms with Gasteiger partial charge in [0.1, 0.15) is 23.7 Å². The third-order valence-corrected chi connectivity index (χ3v) is 5.14. The number of para-hydroxylation sites is 1. The number of ether oxygens (including phenoxy) is 2. The van der Waals surface area contributed by atoms with E-state index in [1.54, 1.807) is 55.5 Å². The Morgan fingerprint density at radius 1 is 1.00 bits per heavy atom. The van der Waals surface area contributed by atoms with Crippen LogP contribution in [-0.4, -0.2) is 29.4 Å². The maximum absolute atomic E-state index is 12.6. The lowest BCUT2D eigenvalue weighted by molar-refractivity contribution is -0.123. The summed E-state index contributed by atoms with van der Waals surface area (Å²) in [5.74, 6) is -0.185. The van der Waals surface area contributed by atoms with E-state index in [0.717, 1.165) is 5.56 Å². The van der Waals surface area contributed by atoms with Crippen molar-refractivity contribution in [1.82, 2.24) is 5.16 Å². The van der Waals surface area contributed by atoms with Gasteiger partial charge in [0.2, 0.25) is 5.91 Å². The number of rotatable bonds is 8. The van der Waals surface area contributed by atoms with E-state index in [9.17, 15) is 14.4 Å². The highest BCUT2D eigenvalue weighted by Gasteiger charge is 2.21. The Morgan fingerprint density at radius 2 is 1.68 bits per heavy atom. The number of nitrogens with one attached hydrogen (secondary N) is 1. The quantitative estimate of drug-likeness (QED) is 0.373. The van der Waals surface area contributed by atoms with Crippen molar-refractivity contribution in [3.05, 3.63) is 76.7 Å². The molecule has 3 rings (SSSR count). The summed E-state index contributed by atoms with van der Waals surface area (Å²) in [4.78, 5) is 37.2. The Hall–Kier alpha value is -3.94. The molecular formula is C26H28N2O6. The van der Waals surface area contributed by atoms with Crippen LogP contribution in [0.3, 0.4) is 0 Å². The minimum atomic E-state index is -0.670. The highest BCUT2D eigenvalue weighted by atomic mass is 16.5. The predicted molar refractivity (Wildman–Crippen MR) is 126 cm³/mol. The summed E-state index contributed by atoms with van der Waals surface area (Å²) < 4.78 is 16.2. The third-order valence-electron chi connectivity index (χ3n) is 5.14. The predicted octanol–water partition coefficient (Wildman–Crippen LogP) is 4.89. The highest BCUT2D eigenvalue weighted by molar-refractivity contribution is 6.00. The van der Waals surface area contributed by atoms with Crippen LogP contribution in [0.2, 0.25) is 0 Å². The molecule has 0 spiro atoms. The zero-order valence-corrected chi connectivity index (χ0v) is 19.9. The minimum Gasteiger partial charge on any atom is -0.488 e. The monoisotopic (exact) mass is 464 g/mol. The Bertz CT molecular complexity index is 1170. The number of esters is 1. The number of aromatic nitrogens is 1. The summed E-state index contributed by atoms with van der Waals surface area (Å²) in [6.07, 6.45) is 0. The molecule has 1 N–H and O–H groups in total. The first-order chi connectivity index (χ1) is 16.1. The van der Waals surface area contributed by atoms with Gasteiger partial charge in [-0.2, -0.15) is 0 Å². The van der Waals surface area contributed by atoms with Gasteiger partial charge in [0.05, 0.1) is 11.3 Å². The summed E-state index contributed by atoms with van der Waals surface area (Å²) in [5, 5.41) is 6.68. The summed E-state index contributed by atoms with van der Waals surface area (Å²) in [6, 6.07) is 13.1. The van der Waals surface area contributed by atoms with Crippen LogP contribution in [0.25, 0.3) is 0 Å². The van der Waals surface area contributed by atoms with Crippen LogP contribution in [0.15, 0.2) is 53.1 Å². The molecule has 0 fully saturated rings. The van der Waals surface area contributed by atoms with Crippen molar-refractivity contribution in [3.8, 4) is 5.75 Å². The van der Waals surface area contributed by atoms with E-state index in [1.807, 2.05) is 27.7 Å². The van der Waals surface area contributed by atoms with Gasteiger partial charge in [-0.1, -0.05) is 38.1 Å². The lowest BCUT2D eigenvalue weighted by Crippen LogP contribution is -2.27. The zero-order valence-electron chi connectivity index (χ0n) is 19.9. The van der Waals surface area contributed by atoms with Gasteiger partial charge in [-0.3, -0.25) is 9.59 Å². The molecule has 0 aliphatic rings. The largest absolute Gasteiger partial charge is 0.488 e. The fraction of sp³-hybridized carbons (Fsp3) is 0.308. The van der Waals surface area contributed by atoms with Crippen molar-refractivity contribution in [2.75, 3.05) is 11.9 Å². The first-order valence-corrected chi connectivity index (χ1v) is 10.8. The minimum absolute atomic E-state index is 0.129. The van der Waals surface area contributed by atoms with E-state index in [1.165, 1.54) is 0 Å². The molecule has 0 radical (unpaired) electrons. The van der Waals surface area contributed by atoms with Gasteiger partial charge < -0.3 is 19.3 Å². The molecule has 8 nitrogen and oxygen atoms in total. The van der Waals surface area contributed by atoms with Crippen LogP contribution < -0.4 is 10.1 Å². The Morgan fingerprint density at radius 3 is 2.29 bits per heavy atom. The van der Waals surface area contributed by atoms with Crippen molar-refractivity contribution >= 4 is 23.3 Å². The smallest absolute Gasteiger partial charge is 0.342 e. The second kappa shape index (κ2) is 10.3. The molecule has 0 atom stereocenters. The molecule has 0 aliphatic heterocycles. The lowest BCUT2D eigenvalue weighted by atomic mass is 9.95. The number of ketones is 1. The van der Waals surface area contributed by atoms with Crippen LogP contribution >= 0.6 is 0 Å². The maximum Gasteiger partial charge on any atom is 0.342 e. The van der Waals surface area contributed by atoms with Crippen LogP contribution in [0.1, 0.15) is 58.5 Å².